The number of piperidine rings is 1. The molecule has 3 N–H and O–H groups in total. The molecule has 7 nitrogen and oxygen atoms in total. The molecule has 1 aromatic heterocycles. The van der Waals surface area contributed by atoms with Crippen LogP contribution in [0.2, 0.25) is 0 Å². The van der Waals surface area contributed by atoms with Crippen molar-refractivity contribution in [2.75, 3.05) is 13.1 Å². The summed E-state index contributed by atoms with van der Waals surface area (Å²) in [6.45, 7) is 1.04. The van der Waals surface area contributed by atoms with E-state index in [9.17, 15) is 14.7 Å². The first kappa shape index (κ1) is 15.9. The zero-order valence-electron chi connectivity index (χ0n) is 13.5. The first-order valence-corrected chi connectivity index (χ1v) is 8.30. The highest BCUT2D eigenvalue weighted by Crippen LogP contribution is 2.26. The number of carboxylic acid groups (broad SMARTS) is 1. The second-order valence-electron chi connectivity index (χ2n) is 6.47. The third kappa shape index (κ3) is 2.92. The van der Waals surface area contributed by atoms with Crippen molar-refractivity contribution in [2.45, 2.75) is 18.5 Å². The van der Waals surface area contributed by atoms with Crippen molar-refractivity contribution in [3.63, 3.8) is 0 Å². The van der Waals surface area contributed by atoms with Gasteiger partial charge in [0, 0.05) is 36.2 Å². The maximum absolute atomic E-state index is 12.8. The van der Waals surface area contributed by atoms with Gasteiger partial charge in [0.2, 0.25) is 0 Å². The Morgan fingerprint density at radius 2 is 1.96 bits per heavy atom. The van der Waals surface area contributed by atoms with Gasteiger partial charge in [-0.15, -0.1) is 0 Å². The van der Waals surface area contributed by atoms with Gasteiger partial charge in [-0.05, 0) is 30.7 Å². The fourth-order valence-electron chi connectivity index (χ4n) is 3.63. The number of furan rings is 1. The topological polar surface area (TPSA) is 94.8 Å². The average Bonchev–Trinajstić information content (AvgIpc) is 3.30. The molecule has 2 aromatic rings. The van der Waals surface area contributed by atoms with Crippen LogP contribution in [0.4, 0.5) is 0 Å². The predicted molar refractivity (Wildman–Crippen MR) is 89.6 cm³/mol. The van der Waals surface area contributed by atoms with Crippen molar-refractivity contribution in [2.24, 2.45) is 5.92 Å². The van der Waals surface area contributed by atoms with Gasteiger partial charge < -0.3 is 14.4 Å². The molecule has 3 unspecified atom stereocenters. The molecule has 0 spiro atoms. The Balaban J connectivity index is 1.48. The van der Waals surface area contributed by atoms with Crippen LogP contribution in [-0.2, 0) is 4.79 Å². The smallest absolute Gasteiger partial charge is 0.322 e. The molecule has 0 aliphatic carbocycles. The maximum Gasteiger partial charge on any atom is 0.322 e. The number of hydrazine groups is 1. The summed E-state index contributed by atoms with van der Waals surface area (Å²) in [7, 11) is 0. The van der Waals surface area contributed by atoms with Crippen LogP contribution in [0.1, 0.15) is 16.8 Å². The highest BCUT2D eigenvalue weighted by Gasteiger charge is 2.44. The average molecular weight is 341 g/mol. The van der Waals surface area contributed by atoms with Crippen molar-refractivity contribution in [1.82, 2.24) is 15.8 Å². The van der Waals surface area contributed by atoms with E-state index in [1.165, 1.54) is 0 Å². The van der Waals surface area contributed by atoms with Crippen LogP contribution in [0.25, 0.3) is 11.3 Å². The lowest BCUT2D eigenvalue weighted by molar-refractivity contribution is -0.140. The van der Waals surface area contributed by atoms with Gasteiger partial charge in [0.1, 0.15) is 11.8 Å². The Bertz CT molecular complexity index is 772. The minimum Gasteiger partial charge on any atom is -0.480 e. The molecule has 0 radical (unpaired) electrons. The molecule has 7 heteroatoms. The van der Waals surface area contributed by atoms with E-state index in [1.54, 1.807) is 23.3 Å². The molecule has 2 aliphatic rings. The summed E-state index contributed by atoms with van der Waals surface area (Å²) in [6, 6.07) is 10.4. The number of benzene rings is 1. The minimum absolute atomic E-state index is 0.0690. The lowest BCUT2D eigenvalue weighted by atomic mass is 9.88. The number of carbonyl (C=O) groups is 2. The van der Waals surface area contributed by atoms with Crippen molar-refractivity contribution in [1.29, 1.82) is 0 Å². The molecule has 4 rings (SSSR count). The molecular weight excluding hydrogens is 322 g/mol. The van der Waals surface area contributed by atoms with Gasteiger partial charge in [0.15, 0.2) is 0 Å². The fraction of sp³-hybridized carbons (Fsp3) is 0.333. The molecule has 0 bridgehead atoms. The number of amides is 1. The molecule has 2 aliphatic heterocycles. The number of nitrogens with zero attached hydrogens (tertiary/aromatic N) is 1. The quantitative estimate of drug-likeness (QED) is 0.780. The van der Waals surface area contributed by atoms with E-state index in [0.29, 0.717) is 18.7 Å². The Morgan fingerprint density at radius 3 is 2.64 bits per heavy atom. The van der Waals surface area contributed by atoms with Crippen molar-refractivity contribution in [3.8, 4) is 11.3 Å². The number of carbonyl (C=O) groups excluding carboxylic acids is 1. The molecule has 130 valence electrons. The number of hydrogen-bond acceptors (Lipinski definition) is 5. The van der Waals surface area contributed by atoms with Crippen molar-refractivity contribution >= 4 is 11.9 Å². The Morgan fingerprint density at radius 1 is 1.16 bits per heavy atom. The number of nitrogens with one attached hydrogen (secondary N) is 2. The number of carboxylic acids is 1. The number of fused-ring (bicyclic) bond motifs is 1. The minimum atomic E-state index is -0.892. The van der Waals surface area contributed by atoms with Gasteiger partial charge in [0.05, 0.1) is 6.26 Å². The largest absolute Gasteiger partial charge is 0.480 e. The molecule has 0 saturated carbocycles. The maximum atomic E-state index is 12.8. The van der Waals surface area contributed by atoms with E-state index in [2.05, 4.69) is 10.9 Å². The van der Waals surface area contributed by atoms with E-state index in [4.69, 9.17) is 4.42 Å². The number of aliphatic carboxylic acids is 1. The first-order chi connectivity index (χ1) is 12.1. The Kier molecular flexibility index (Phi) is 4.03. The normalized spacial score (nSPS) is 25.6. The highest BCUT2D eigenvalue weighted by molar-refractivity contribution is 5.94. The second kappa shape index (κ2) is 6.34. The van der Waals surface area contributed by atoms with E-state index >= 15 is 0 Å². The summed E-state index contributed by atoms with van der Waals surface area (Å²) in [5, 5.41) is 9.30. The standard InChI is InChI=1S/C18H19N3O4/c22-17(12-5-3-11(4-6-12)15-2-1-9-25-15)21-8-7-14-13(10-21)16(18(23)24)20-19-14/h1-6,9,13-14,16,19-20H,7-8,10H2,(H,23,24). The summed E-state index contributed by atoms with van der Waals surface area (Å²) in [5.41, 5.74) is 7.36. The van der Waals surface area contributed by atoms with Gasteiger partial charge >= 0.3 is 5.97 Å². The Labute approximate surface area is 144 Å². The highest BCUT2D eigenvalue weighted by atomic mass is 16.4. The first-order valence-electron chi connectivity index (χ1n) is 8.30. The van der Waals surface area contributed by atoms with Crippen LogP contribution in [0.5, 0.6) is 0 Å². The lowest BCUT2D eigenvalue weighted by Gasteiger charge is -2.35. The summed E-state index contributed by atoms with van der Waals surface area (Å²) in [6.07, 6.45) is 2.35. The second-order valence-corrected chi connectivity index (χ2v) is 6.47. The third-order valence-electron chi connectivity index (χ3n) is 5.00. The summed E-state index contributed by atoms with van der Waals surface area (Å²) in [5.74, 6) is -0.331. The summed E-state index contributed by atoms with van der Waals surface area (Å²) >= 11 is 0. The molecule has 2 fully saturated rings. The van der Waals surface area contributed by atoms with E-state index in [1.807, 2.05) is 24.3 Å². The molecule has 3 atom stereocenters. The van der Waals surface area contributed by atoms with E-state index in [0.717, 1.165) is 17.7 Å². The Hall–Kier alpha value is -2.64. The van der Waals surface area contributed by atoms with Gasteiger partial charge in [-0.25, -0.2) is 5.43 Å². The van der Waals surface area contributed by atoms with E-state index < -0.39 is 12.0 Å². The summed E-state index contributed by atoms with van der Waals surface area (Å²) < 4.78 is 5.35. The number of likely N-dealkylation sites (tertiary alicyclic amines) is 1. The summed E-state index contributed by atoms with van der Waals surface area (Å²) in [4.78, 5) is 25.9. The molecule has 2 saturated heterocycles. The van der Waals surface area contributed by atoms with Crippen LogP contribution >= 0.6 is 0 Å². The van der Waals surface area contributed by atoms with Gasteiger partial charge in [-0.3, -0.25) is 15.0 Å². The fourth-order valence-corrected chi connectivity index (χ4v) is 3.63. The molecule has 3 heterocycles. The SMILES string of the molecule is O=C(O)C1NNC2CCN(C(=O)c3ccc(-c4ccco4)cc3)CC21. The van der Waals surface area contributed by atoms with E-state index in [-0.39, 0.29) is 17.9 Å². The zero-order valence-corrected chi connectivity index (χ0v) is 13.5. The molecule has 25 heavy (non-hydrogen) atoms. The lowest BCUT2D eigenvalue weighted by Crippen LogP contribution is -2.49. The van der Waals surface area contributed by atoms with Gasteiger partial charge in [-0.1, -0.05) is 12.1 Å². The van der Waals surface area contributed by atoms with Gasteiger partial charge in [0.25, 0.3) is 5.91 Å². The third-order valence-corrected chi connectivity index (χ3v) is 5.00. The number of hydrogen-bond donors (Lipinski definition) is 3. The van der Waals surface area contributed by atoms with Crippen LogP contribution in [0.3, 0.4) is 0 Å². The van der Waals surface area contributed by atoms with Crippen LogP contribution in [0, 0.1) is 5.92 Å². The zero-order chi connectivity index (χ0) is 17.4. The molecular formula is C18H19N3O4. The molecule has 1 aromatic carbocycles. The molecule has 1 amide bonds. The monoisotopic (exact) mass is 341 g/mol. The predicted octanol–water partition coefficient (Wildman–Crippen LogP) is 1.34. The number of rotatable bonds is 3. The van der Waals surface area contributed by atoms with Crippen molar-refractivity contribution in [3.05, 3.63) is 48.2 Å². The van der Waals surface area contributed by atoms with Crippen LogP contribution in [0.15, 0.2) is 47.1 Å². The van der Waals surface area contributed by atoms with Crippen LogP contribution < -0.4 is 10.9 Å². The van der Waals surface area contributed by atoms with Crippen molar-refractivity contribution < 1.29 is 19.1 Å². The van der Waals surface area contributed by atoms with Crippen LogP contribution in [-0.4, -0.2) is 47.1 Å². The van der Waals surface area contributed by atoms with Gasteiger partial charge in [-0.2, -0.15) is 0 Å².